The maximum atomic E-state index is 13.4. The Hall–Kier alpha value is -1.18. The second-order valence-electron chi connectivity index (χ2n) is 3.57. The second kappa shape index (κ2) is 5.44. The smallest absolute Gasteiger partial charge is 0.264 e. The van der Waals surface area contributed by atoms with Crippen LogP contribution in [0.4, 0.5) is 14.9 Å². The summed E-state index contributed by atoms with van der Waals surface area (Å²) in [5.41, 5.74) is 1.48. The summed E-state index contributed by atoms with van der Waals surface area (Å²) in [6, 6.07) is 2.12. The van der Waals surface area contributed by atoms with Gasteiger partial charge < -0.3 is 0 Å². The Morgan fingerprint density at radius 2 is 2.06 bits per heavy atom. The minimum atomic E-state index is -0.585. The Morgan fingerprint density at radius 1 is 1.47 bits per heavy atom. The summed E-state index contributed by atoms with van der Waals surface area (Å²) in [5.74, 6) is 10.6. The third-order valence-corrected chi connectivity index (χ3v) is 2.97. The van der Waals surface area contributed by atoms with E-state index in [0.29, 0.717) is 22.1 Å². The number of rotatable bonds is 2. The highest BCUT2D eigenvalue weighted by atomic mass is 79.9. The van der Waals surface area contributed by atoms with Gasteiger partial charge in [-0.25, -0.2) is 25.9 Å². The predicted molar refractivity (Wildman–Crippen MR) is 67.8 cm³/mol. The molecule has 1 aromatic rings. The first-order chi connectivity index (χ1) is 7.90. The van der Waals surface area contributed by atoms with Crippen LogP contribution in [0.2, 0.25) is 0 Å². The first-order valence-corrected chi connectivity index (χ1v) is 5.93. The van der Waals surface area contributed by atoms with E-state index in [9.17, 15) is 9.18 Å². The zero-order valence-electron chi connectivity index (χ0n) is 9.58. The molecule has 0 saturated heterocycles. The van der Waals surface area contributed by atoms with Crippen molar-refractivity contribution >= 4 is 27.6 Å². The van der Waals surface area contributed by atoms with Crippen molar-refractivity contribution in [3.8, 4) is 0 Å². The van der Waals surface area contributed by atoms with E-state index in [1.54, 1.807) is 6.92 Å². The number of urea groups is 1. The van der Waals surface area contributed by atoms with Gasteiger partial charge in [-0.15, -0.1) is 0 Å². The number of anilines is 1. The summed E-state index contributed by atoms with van der Waals surface area (Å²) in [7, 11) is 1.38. The van der Waals surface area contributed by atoms with Crippen LogP contribution in [0.3, 0.4) is 0 Å². The first-order valence-electron chi connectivity index (χ1n) is 4.81. The van der Waals surface area contributed by atoms with Crippen LogP contribution in [0.25, 0.3) is 0 Å². The molecule has 0 fully saturated rings. The van der Waals surface area contributed by atoms with E-state index in [2.05, 4.69) is 15.9 Å². The molecule has 17 heavy (non-hydrogen) atoms. The third-order valence-electron chi connectivity index (χ3n) is 2.41. The summed E-state index contributed by atoms with van der Waals surface area (Å²) in [4.78, 5) is 11.6. The Balaban J connectivity index is 3.23. The standard InChI is InChI=1S/C10H14BrFN4O/c1-6-7(5-11)9(4-3-8(6)12)16(14)10(17)15(2)13/h3-4H,5,13-14H2,1-2H3. The highest BCUT2D eigenvalue weighted by Crippen LogP contribution is 2.26. The molecule has 0 bridgehead atoms. The van der Waals surface area contributed by atoms with Crippen LogP contribution in [-0.4, -0.2) is 18.1 Å². The van der Waals surface area contributed by atoms with Crippen LogP contribution < -0.4 is 16.7 Å². The SMILES string of the molecule is Cc1c(F)ccc(N(N)C(=O)N(C)N)c1CBr. The molecule has 7 heteroatoms. The number of alkyl halides is 1. The molecule has 0 unspecified atom stereocenters. The minimum absolute atomic E-state index is 0.342. The van der Waals surface area contributed by atoms with Gasteiger partial charge in [0, 0.05) is 12.4 Å². The fraction of sp³-hybridized carbons (Fsp3) is 0.300. The molecule has 0 heterocycles. The Morgan fingerprint density at radius 3 is 2.53 bits per heavy atom. The van der Waals surface area contributed by atoms with Gasteiger partial charge in [0.1, 0.15) is 5.82 Å². The minimum Gasteiger partial charge on any atom is -0.264 e. The highest BCUT2D eigenvalue weighted by molar-refractivity contribution is 9.08. The van der Waals surface area contributed by atoms with Gasteiger partial charge in [0.2, 0.25) is 0 Å². The van der Waals surface area contributed by atoms with Crippen molar-refractivity contribution < 1.29 is 9.18 Å². The monoisotopic (exact) mass is 304 g/mol. The molecule has 94 valence electrons. The first kappa shape index (κ1) is 13.9. The molecule has 2 amide bonds. The van der Waals surface area contributed by atoms with E-state index in [1.165, 1.54) is 19.2 Å². The molecule has 1 aromatic carbocycles. The van der Waals surface area contributed by atoms with Gasteiger partial charge in [-0.2, -0.15) is 0 Å². The Labute approximate surface area is 107 Å². The van der Waals surface area contributed by atoms with E-state index in [0.717, 1.165) is 10.0 Å². The molecule has 0 spiro atoms. The lowest BCUT2D eigenvalue weighted by molar-refractivity contribution is 0.216. The average molecular weight is 305 g/mol. The molecule has 0 radical (unpaired) electrons. The fourth-order valence-corrected chi connectivity index (χ4v) is 2.09. The molecule has 0 atom stereocenters. The molecule has 0 aliphatic carbocycles. The molecule has 0 aliphatic heterocycles. The number of hydrogen-bond donors (Lipinski definition) is 2. The number of hydrogen-bond acceptors (Lipinski definition) is 3. The van der Waals surface area contributed by atoms with Gasteiger partial charge in [0.15, 0.2) is 0 Å². The second-order valence-corrected chi connectivity index (χ2v) is 4.13. The third kappa shape index (κ3) is 2.74. The van der Waals surface area contributed by atoms with Gasteiger partial charge in [-0.1, -0.05) is 15.9 Å². The summed E-state index contributed by atoms with van der Waals surface area (Å²) in [6.45, 7) is 1.62. The molecular formula is C10H14BrFN4O. The van der Waals surface area contributed by atoms with Gasteiger partial charge in [-0.3, -0.25) is 5.01 Å². The van der Waals surface area contributed by atoms with Crippen LogP contribution in [0.1, 0.15) is 11.1 Å². The van der Waals surface area contributed by atoms with Crippen molar-refractivity contribution in [2.24, 2.45) is 11.7 Å². The maximum absolute atomic E-state index is 13.4. The number of benzene rings is 1. The number of hydrazine groups is 2. The lowest BCUT2D eigenvalue weighted by atomic mass is 10.1. The molecule has 1 rings (SSSR count). The van der Waals surface area contributed by atoms with Crippen LogP contribution in [-0.2, 0) is 5.33 Å². The Kier molecular flexibility index (Phi) is 4.44. The van der Waals surface area contributed by atoms with Gasteiger partial charge in [0.25, 0.3) is 0 Å². The van der Waals surface area contributed by atoms with E-state index in [4.69, 9.17) is 11.7 Å². The lowest BCUT2D eigenvalue weighted by Crippen LogP contribution is -2.49. The molecule has 5 nitrogen and oxygen atoms in total. The predicted octanol–water partition coefficient (Wildman–Crippen LogP) is 1.63. The lowest BCUT2D eigenvalue weighted by Gasteiger charge is -2.23. The van der Waals surface area contributed by atoms with Crippen LogP contribution >= 0.6 is 15.9 Å². The average Bonchev–Trinajstić information content (AvgIpc) is 2.30. The summed E-state index contributed by atoms with van der Waals surface area (Å²) >= 11 is 3.24. The number of nitrogens with zero attached hydrogens (tertiary/aromatic N) is 2. The molecule has 0 aliphatic rings. The van der Waals surface area contributed by atoms with Crippen molar-refractivity contribution in [3.63, 3.8) is 0 Å². The van der Waals surface area contributed by atoms with Crippen molar-refractivity contribution in [2.45, 2.75) is 12.3 Å². The number of amides is 2. The van der Waals surface area contributed by atoms with Gasteiger partial charge >= 0.3 is 6.03 Å². The zero-order chi connectivity index (χ0) is 13.2. The largest absolute Gasteiger partial charge is 0.352 e. The normalized spacial score (nSPS) is 10.2. The van der Waals surface area contributed by atoms with Crippen molar-refractivity contribution in [2.75, 3.05) is 12.1 Å². The molecule has 4 N–H and O–H groups in total. The highest BCUT2D eigenvalue weighted by Gasteiger charge is 2.19. The quantitative estimate of drug-likeness (QED) is 0.377. The fourth-order valence-electron chi connectivity index (χ4n) is 1.38. The van der Waals surface area contributed by atoms with Gasteiger partial charge in [-0.05, 0) is 30.2 Å². The van der Waals surface area contributed by atoms with E-state index >= 15 is 0 Å². The molecule has 0 saturated carbocycles. The van der Waals surface area contributed by atoms with Crippen molar-refractivity contribution in [1.29, 1.82) is 0 Å². The van der Waals surface area contributed by atoms with Crippen LogP contribution in [0, 0.1) is 12.7 Å². The maximum Gasteiger partial charge on any atom is 0.352 e. The summed E-state index contributed by atoms with van der Waals surface area (Å²) in [5, 5.41) is 2.14. The van der Waals surface area contributed by atoms with Gasteiger partial charge in [0.05, 0.1) is 5.69 Å². The van der Waals surface area contributed by atoms with Crippen LogP contribution in [0.5, 0.6) is 0 Å². The molecular weight excluding hydrogens is 291 g/mol. The summed E-state index contributed by atoms with van der Waals surface area (Å²) in [6.07, 6.45) is 0. The van der Waals surface area contributed by atoms with Crippen molar-refractivity contribution in [3.05, 3.63) is 29.1 Å². The molecule has 0 aromatic heterocycles. The van der Waals surface area contributed by atoms with E-state index < -0.39 is 6.03 Å². The number of carbonyl (C=O) groups is 1. The number of nitrogens with two attached hydrogens (primary N) is 2. The van der Waals surface area contributed by atoms with Crippen LogP contribution in [0.15, 0.2) is 12.1 Å². The summed E-state index contributed by atoms with van der Waals surface area (Å²) < 4.78 is 13.4. The number of carbonyl (C=O) groups excluding carboxylic acids is 1. The van der Waals surface area contributed by atoms with E-state index in [1.807, 2.05) is 0 Å². The topological polar surface area (TPSA) is 75.6 Å². The van der Waals surface area contributed by atoms with Crippen molar-refractivity contribution in [1.82, 2.24) is 5.01 Å². The zero-order valence-corrected chi connectivity index (χ0v) is 11.2. The van der Waals surface area contributed by atoms with E-state index in [-0.39, 0.29) is 5.82 Å². The Bertz CT molecular complexity index is 439. The number of halogens is 2.